The van der Waals surface area contributed by atoms with Gasteiger partial charge in [0.15, 0.2) is 5.78 Å². The molecule has 1 aliphatic carbocycles. The molecular weight excluding hydrogens is 440 g/mol. The van der Waals surface area contributed by atoms with Crippen molar-refractivity contribution in [2.24, 2.45) is 0 Å². The number of rotatable bonds is 6. The van der Waals surface area contributed by atoms with Crippen molar-refractivity contribution in [2.45, 2.75) is 12.8 Å². The molecule has 3 heteroatoms. The average molecular weight is 471 g/mol. The third-order valence-corrected chi connectivity index (χ3v) is 6.52. The summed E-state index contributed by atoms with van der Waals surface area (Å²) in [7, 11) is 4.05. The Bertz CT molecular complexity index is 1340. The minimum atomic E-state index is 0.158. The van der Waals surface area contributed by atoms with Gasteiger partial charge in [-0.1, -0.05) is 60.7 Å². The van der Waals surface area contributed by atoms with Crippen molar-refractivity contribution in [1.29, 1.82) is 0 Å². The first-order valence-electron chi connectivity index (χ1n) is 12.3. The molecule has 0 heterocycles. The molecule has 178 valence electrons. The molecule has 4 aromatic rings. The van der Waals surface area contributed by atoms with Crippen molar-refractivity contribution in [3.63, 3.8) is 0 Å². The topological polar surface area (TPSA) is 23.6 Å². The molecular formula is C33H30N2O. The van der Waals surface area contributed by atoms with Crippen LogP contribution in [0.4, 0.5) is 22.7 Å². The molecule has 3 nitrogen and oxygen atoms in total. The first-order valence-corrected chi connectivity index (χ1v) is 12.3. The highest BCUT2D eigenvalue weighted by atomic mass is 16.1. The van der Waals surface area contributed by atoms with Gasteiger partial charge in [-0.05, 0) is 84.7 Å². The van der Waals surface area contributed by atoms with Crippen LogP contribution in [0.3, 0.4) is 0 Å². The van der Waals surface area contributed by atoms with Crippen molar-refractivity contribution >= 4 is 40.7 Å². The fourth-order valence-corrected chi connectivity index (χ4v) is 4.57. The van der Waals surface area contributed by atoms with Crippen LogP contribution in [0, 0.1) is 0 Å². The zero-order valence-electron chi connectivity index (χ0n) is 20.8. The number of anilines is 4. The maximum atomic E-state index is 13.1. The van der Waals surface area contributed by atoms with Crippen molar-refractivity contribution in [2.75, 3.05) is 23.9 Å². The normalized spacial score (nSPS) is 15.4. The highest BCUT2D eigenvalue weighted by Gasteiger charge is 2.23. The molecule has 0 bridgehead atoms. The summed E-state index contributed by atoms with van der Waals surface area (Å²) in [6.07, 6.45) is 5.64. The second-order valence-electron chi connectivity index (χ2n) is 9.25. The van der Waals surface area contributed by atoms with Crippen molar-refractivity contribution in [3.8, 4) is 0 Å². The highest BCUT2D eigenvalue weighted by molar-refractivity contribution is 6.15. The van der Waals surface area contributed by atoms with Gasteiger partial charge in [-0.2, -0.15) is 0 Å². The highest BCUT2D eigenvalue weighted by Crippen LogP contribution is 2.35. The van der Waals surface area contributed by atoms with Gasteiger partial charge in [-0.3, -0.25) is 4.79 Å². The molecule has 0 spiro atoms. The standard InChI is InChI=1S/C33H30N2O/c1-34(2)29-19-13-25(14-20-29)23-27-17-18-28(33(27)36)24-26-15-21-32(22-16-26)35(30-9-5-3-6-10-30)31-11-7-4-8-12-31/h3-16,19-24H,17-18H2,1-2H3/b27-23-,28-24-. The Balaban J connectivity index is 1.36. The van der Waals surface area contributed by atoms with Crippen LogP contribution in [0.5, 0.6) is 0 Å². The van der Waals surface area contributed by atoms with E-state index in [9.17, 15) is 4.79 Å². The predicted molar refractivity (Wildman–Crippen MR) is 152 cm³/mol. The average Bonchev–Trinajstić information content (AvgIpc) is 3.25. The fraction of sp³-hybridized carbons (Fsp3) is 0.121. The summed E-state index contributed by atoms with van der Waals surface area (Å²) in [5.41, 5.74) is 8.31. The van der Waals surface area contributed by atoms with E-state index in [1.54, 1.807) is 0 Å². The number of ketones is 1. The van der Waals surface area contributed by atoms with Gasteiger partial charge in [0.05, 0.1) is 0 Å². The van der Waals surface area contributed by atoms with E-state index in [0.717, 1.165) is 57.9 Å². The molecule has 1 fully saturated rings. The van der Waals surface area contributed by atoms with Crippen LogP contribution in [-0.4, -0.2) is 19.9 Å². The molecule has 0 aliphatic heterocycles. The maximum absolute atomic E-state index is 13.1. The van der Waals surface area contributed by atoms with Gasteiger partial charge >= 0.3 is 0 Å². The van der Waals surface area contributed by atoms with E-state index in [-0.39, 0.29) is 5.78 Å². The smallest absolute Gasteiger partial charge is 0.185 e. The Morgan fingerprint density at radius 1 is 0.528 bits per heavy atom. The van der Waals surface area contributed by atoms with Gasteiger partial charge in [0.1, 0.15) is 0 Å². The summed E-state index contributed by atoms with van der Waals surface area (Å²) in [4.78, 5) is 17.4. The molecule has 0 N–H and O–H groups in total. The van der Waals surface area contributed by atoms with Crippen LogP contribution in [0.2, 0.25) is 0 Å². The number of para-hydroxylation sites is 2. The van der Waals surface area contributed by atoms with E-state index in [2.05, 4.69) is 107 Å². The Morgan fingerprint density at radius 2 is 0.917 bits per heavy atom. The lowest BCUT2D eigenvalue weighted by atomic mass is 10.1. The fourth-order valence-electron chi connectivity index (χ4n) is 4.57. The molecule has 5 rings (SSSR count). The zero-order chi connectivity index (χ0) is 24.9. The van der Waals surface area contributed by atoms with Gasteiger partial charge in [0, 0.05) is 48.0 Å². The summed E-state index contributed by atoms with van der Waals surface area (Å²) < 4.78 is 0. The predicted octanol–water partition coefficient (Wildman–Crippen LogP) is 8.05. The van der Waals surface area contributed by atoms with Crippen LogP contribution in [0.25, 0.3) is 12.2 Å². The summed E-state index contributed by atoms with van der Waals surface area (Å²) in [6, 6.07) is 37.5. The lowest BCUT2D eigenvalue weighted by Crippen LogP contribution is -2.09. The molecule has 1 aliphatic rings. The number of hydrogen-bond donors (Lipinski definition) is 0. The Kier molecular flexibility index (Phi) is 6.81. The van der Waals surface area contributed by atoms with Crippen LogP contribution < -0.4 is 9.80 Å². The van der Waals surface area contributed by atoms with Gasteiger partial charge in [-0.25, -0.2) is 0 Å². The van der Waals surface area contributed by atoms with E-state index in [1.807, 2.05) is 38.4 Å². The van der Waals surface area contributed by atoms with Crippen LogP contribution in [0.1, 0.15) is 24.0 Å². The number of carbonyl (C=O) groups excluding carboxylic acids is 1. The van der Waals surface area contributed by atoms with Gasteiger partial charge < -0.3 is 9.80 Å². The molecule has 0 saturated heterocycles. The van der Waals surface area contributed by atoms with E-state index in [4.69, 9.17) is 0 Å². The first-order chi connectivity index (χ1) is 17.6. The molecule has 0 atom stereocenters. The summed E-state index contributed by atoms with van der Waals surface area (Å²) in [5.74, 6) is 0.158. The minimum Gasteiger partial charge on any atom is -0.378 e. The Morgan fingerprint density at radius 3 is 1.33 bits per heavy atom. The quantitative estimate of drug-likeness (QED) is 0.266. The van der Waals surface area contributed by atoms with Gasteiger partial charge in [0.25, 0.3) is 0 Å². The van der Waals surface area contributed by atoms with Crippen molar-refractivity contribution in [1.82, 2.24) is 0 Å². The number of nitrogens with zero attached hydrogens (tertiary/aromatic N) is 2. The number of benzene rings is 4. The van der Waals surface area contributed by atoms with E-state index in [0.29, 0.717) is 0 Å². The number of Topliss-reactive ketones (excluding diaryl/α,β-unsaturated/α-hetero) is 1. The lowest BCUT2D eigenvalue weighted by Gasteiger charge is -2.25. The van der Waals surface area contributed by atoms with Crippen LogP contribution in [-0.2, 0) is 4.79 Å². The van der Waals surface area contributed by atoms with Crippen LogP contribution in [0.15, 0.2) is 120 Å². The van der Waals surface area contributed by atoms with Gasteiger partial charge in [-0.15, -0.1) is 0 Å². The third kappa shape index (κ3) is 5.16. The van der Waals surface area contributed by atoms with E-state index in [1.165, 1.54) is 0 Å². The molecule has 1 saturated carbocycles. The van der Waals surface area contributed by atoms with Crippen LogP contribution >= 0.6 is 0 Å². The second-order valence-corrected chi connectivity index (χ2v) is 9.25. The van der Waals surface area contributed by atoms with Crippen molar-refractivity contribution in [3.05, 3.63) is 131 Å². The minimum absolute atomic E-state index is 0.158. The molecule has 4 aromatic carbocycles. The summed E-state index contributed by atoms with van der Waals surface area (Å²) in [5, 5.41) is 0. The third-order valence-electron chi connectivity index (χ3n) is 6.52. The molecule has 0 radical (unpaired) electrons. The van der Waals surface area contributed by atoms with Crippen molar-refractivity contribution < 1.29 is 4.79 Å². The van der Waals surface area contributed by atoms with Gasteiger partial charge in [0.2, 0.25) is 0 Å². The summed E-state index contributed by atoms with van der Waals surface area (Å²) >= 11 is 0. The Labute approximate surface area is 213 Å². The molecule has 36 heavy (non-hydrogen) atoms. The maximum Gasteiger partial charge on any atom is 0.185 e. The second kappa shape index (κ2) is 10.5. The first kappa shape index (κ1) is 23.4. The van der Waals surface area contributed by atoms with E-state index < -0.39 is 0 Å². The SMILES string of the molecule is CN(C)c1ccc(/C=C2/CC/C(=C/c3ccc(N(c4ccccc4)c4ccccc4)cc3)C2=O)cc1. The Hall–Kier alpha value is -4.37. The lowest BCUT2D eigenvalue weighted by molar-refractivity contribution is -0.111. The number of hydrogen-bond acceptors (Lipinski definition) is 3. The molecule has 0 unspecified atom stereocenters. The summed E-state index contributed by atoms with van der Waals surface area (Å²) in [6.45, 7) is 0. The van der Waals surface area contributed by atoms with E-state index >= 15 is 0 Å². The molecule has 0 amide bonds. The number of carbonyl (C=O) groups is 1. The molecule has 0 aromatic heterocycles. The number of allylic oxidation sites excluding steroid dienone is 2. The zero-order valence-corrected chi connectivity index (χ0v) is 20.8. The largest absolute Gasteiger partial charge is 0.378 e. The monoisotopic (exact) mass is 470 g/mol.